The van der Waals surface area contributed by atoms with Gasteiger partial charge >= 0.3 is 0 Å². The lowest BCUT2D eigenvalue weighted by molar-refractivity contribution is 0.372. The van der Waals surface area contributed by atoms with Crippen molar-refractivity contribution in [3.63, 3.8) is 0 Å². The Kier molecular flexibility index (Phi) is 6.65. The number of rotatable bonds is 6. The molecule has 2 aromatic rings. The predicted molar refractivity (Wildman–Crippen MR) is 106 cm³/mol. The van der Waals surface area contributed by atoms with Crippen LogP contribution in [0.4, 0.5) is 8.78 Å². The molecule has 0 unspecified atom stereocenters. The van der Waals surface area contributed by atoms with E-state index in [1.165, 1.54) is 23.5 Å². The molecule has 0 aliphatic heterocycles. The highest BCUT2D eigenvalue weighted by atomic mass is 19.2. The van der Waals surface area contributed by atoms with Crippen LogP contribution in [-0.2, 0) is 6.42 Å². The third-order valence-corrected chi connectivity index (χ3v) is 5.56. The lowest BCUT2D eigenvalue weighted by atomic mass is 9.76. The van der Waals surface area contributed by atoms with Crippen molar-refractivity contribution < 1.29 is 13.5 Å². The molecule has 0 aromatic heterocycles. The highest BCUT2D eigenvalue weighted by molar-refractivity contribution is 5.34. The van der Waals surface area contributed by atoms with E-state index in [1.54, 1.807) is 19.1 Å². The standard InChI is InChI=1S/C24H28F2O/c1-3-5-17-6-8-18(9-7-17)19-10-12-20(13-11-19)21-14-15-22(27-16-4-2)24(26)23(21)25/h4,6-9,14-16,19-20H,3,5,10-13H2,1-2H3. The lowest BCUT2D eigenvalue weighted by Gasteiger charge is -2.29. The molecule has 0 radical (unpaired) electrons. The molecule has 0 heterocycles. The summed E-state index contributed by atoms with van der Waals surface area (Å²) in [5.74, 6) is -1.12. The summed E-state index contributed by atoms with van der Waals surface area (Å²) in [6.07, 6.45) is 9.05. The summed E-state index contributed by atoms with van der Waals surface area (Å²) in [7, 11) is 0. The fourth-order valence-electron chi connectivity index (χ4n) is 4.08. The summed E-state index contributed by atoms with van der Waals surface area (Å²) >= 11 is 0. The van der Waals surface area contributed by atoms with Crippen molar-refractivity contribution in [2.45, 2.75) is 64.2 Å². The molecule has 0 atom stereocenters. The van der Waals surface area contributed by atoms with Crippen molar-refractivity contribution in [2.75, 3.05) is 0 Å². The smallest absolute Gasteiger partial charge is 0.201 e. The number of halogens is 2. The zero-order valence-electron chi connectivity index (χ0n) is 16.2. The maximum Gasteiger partial charge on any atom is 0.201 e. The van der Waals surface area contributed by atoms with Gasteiger partial charge in [0.1, 0.15) is 0 Å². The Bertz CT molecular complexity index is 772. The summed E-state index contributed by atoms with van der Waals surface area (Å²) in [4.78, 5) is 0. The predicted octanol–water partition coefficient (Wildman–Crippen LogP) is 7.27. The Morgan fingerprint density at radius 1 is 0.926 bits per heavy atom. The van der Waals surface area contributed by atoms with E-state index < -0.39 is 11.6 Å². The summed E-state index contributed by atoms with van der Waals surface area (Å²) in [5.41, 5.74) is 3.24. The topological polar surface area (TPSA) is 9.23 Å². The van der Waals surface area contributed by atoms with E-state index in [-0.39, 0.29) is 11.7 Å². The van der Waals surface area contributed by atoms with Crippen LogP contribution < -0.4 is 4.74 Å². The number of benzene rings is 2. The molecule has 27 heavy (non-hydrogen) atoms. The molecule has 0 bridgehead atoms. The highest BCUT2D eigenvalue weighted by Gasteiger charge is 2.27. The first kappa shape index (κ1) is 19.6. The Labute approximate surface area is 161 Å². The molecule has 1 aliphatic rings. The number of ether oxygens (including phenoxy) is 1. The average Bonchev–Trinajstić information content (AvgIpc) is 2.70. The van der Waals surface area contributed by atoms with Crippen LogP contribution in [0.1, 0.15) is 74.5 Å². The molecule has 0 N–H and O–H groups in total. The normalized spacial score (nSPS) is 20.1. The van der Waals surface area contributed by atoms with Crippen LogP contribution in [0, 0.1) is 11.6 Å². The second-order valence-electron chi connectivity index (χ2n) is 7.41. The minimum Gasteiger partial charge on any atom is -0.462 e. The number of allylic oxidation sites excluding steroid dienone is 1. The van der Waals surface area contributed by atoms with Gasteiger partial charge in [0.05, 0.1) is 6.26 Å². The van der Waals surface area contributed by atoms with Crippen molar-refractivity contribution in [3.05, 3.63) is 77.1 Å². The molecule has 1 aliphatic carbocycles. The Balaban J connectivity index is 1.66. The summed E-state index contributed by atoms with van der Waals surface area (Å²) in [5, 5.41) is 0. The number of aryl methyl sites for hydroxylation is 1. The second-order valence-corrected chi connectivity index (χ2v) is 7.41. The van der Waals surface area contributed by atoms with Gasteiger partial charge < -0.3 is 4.74 Å². The van der Waals surface area contributed by atoms with E-state index in [2.05, 4.69) is 31.2 Å². The van der Waals surface area contributed by atoms with Gasteiger partial charge in [0, 0.05) is 0 Å². The maximum atomic E-state index is 14.5. The van der Waals surface area contributed by atoms with Gasteiger partial charge in [-0.2, -0.15) is 4.39 Å². The van der Waals surface area contributed by atoms with Gasteiger partial charge in [-0.25, -0.2) is 4.39 Å². The molecular weight excluding hydrogens is 342 g/mol. The van der Waals surface area contributed by atoms with Crippen LogP contribution >= 0.6 is 0 Å². The minimum absolute atomic E-state index is 0.0600. The summed E-state index contributed by atoms with van der Waals surface area (Å²) < 4.78 is 33.9. The van der Waals surface area contributed by atoms with Crippen molar-refractivity contribution >= 4 is 0 Å². The Hall–Kier alpha value is -2.16. The van der Waals surface area contributed by atoms with Gasteiger partial charge in [-0.1, -0.05) is 49.8 Å². The molecule has 2 aromatic carbocycles. The first-order chi connectivity index (χ1) is 13.1. The molecule has 0 amide bonds. The van der Waals surface area contributed by atoms with Crippen LogP contribution in [0.3, 0.4) is 0 Å². The summed E-state index contributed by atoms with van der Waals surface area (Å²) in [6.45, 7) is 3.95. The van der Waals surface area contributed by atoms with E-state index in [4.69, 9.17) is 4.74 Å². The molecule has 1 fully saturated rings. The fraction of sp³-hybridized carbons (Fsp3) is 0.417. The Morgan fingerprint density at radius 3 is 2.22 bits per heavy atom. The number of hydrogen-bond donors (Lipinski definition) is 0. The van der Waals surface area contributed by atoms with Crippen molar-refractivity contribution in [1.29, 1.82) is 0 Å². The van der Waals surface area contributed by atoms with Gasteiger partial charge in [-0.05, 0) is 73.6 Å². The van der Waals surface area contributed by atoms with E-state index >= 15 is 0 Å². The van der Waals surface area contributed by atoms with Crippen molar-refractivity contribution in [3.8, 4) is 5.75 Å². The molecular formula is C24H28F2O. The maximum absolute atomic E-state index is 14.5. The van der Waals surface area contributed by atoms with E-state index in [1.807, 2.05) is 0 Å². The zero-order valence-corrected chi connectivity index (χ0v) is 16.2. The summed E-state index contributed by atoms with van der Waals surface area (Å²) in [6, 6.07) is 12.1. The van der Waals surface area contributed by atoms with Gasteiger partial charge in [0.25, 0.3) is 0 Å². The monoisotopic (exact) mass is 370 g/mol. The van der Waals surface area contributed by atoms with Gasteiger partial charge in [0.15, 0.2) is 11.6 Å². The third-order valence-electron chi connectivity index (χ3n) is 5.56. The SMILES string of the molecule is CC=COc1ccc(C2CCC(c3ccc(CCC)cc3)CC2)c(F)c1F. The number of hydrogen-bond acceptors (Lipinski definition) is 1. The molecule has 1 nitrogen and oxygen atoms in total. The van der Waals surface area contributed by atoms with Crippen LogP contribution in [-0.4, -0.2) is 0 Å². The van der Waals surface area contributed by atoms with E-state index in [0.29, 0.717) is 11.5 Å². The van der Waals surface area contributed by atoms with Crippen LogP contribution in [0.2, 0.25) is 0 Å². The Morgan fingerprint density at radius 2 is 1.59 bits per heavy atom. The molecule has 3 rings (SSSR count). The van der Waals surface area contributed by atoms with E-state index in [9.17, 15) is 8.78 Å². The second kappa shape index (κ2) is 9.16. The third kappa shape index (κ3) is 4.58. The molecule has 1 saturated carbocycles. The lowest BCUT2D eigenvalue weighted by Crippen LogP contribution is -2.14. The minimum atomic E-state index is -0.890. The van der Waals surface area contributed by atoms with Gasteiger partial charge in [-0.3, -0.25) is 0 Å². The first-order valence-corrected chi connectivity index (χ1v) is 9.98. The zero-order chi connectivity index (χ0) is 19.2. The fourth-order valence-corrected chi connectivity index (χ4v) is 4.08. The van der Waals surface area contributed by atoms with Crippen LogP contribution in [0.15, 0.2) is 48.7 Å². The average molecular weight is 370 g/mol. The van der Waals surface area contributed by atoms with Crippen LogP contribution in [0.5, 0.6) is 5.75 Å². The van der Waals surface area contributed by atoms with Gasteiger partial charge in [0.2, 0.25) is 5.82 Å². The quantitative estimate of drug-likeness (QED) is 0.486. The largest absolute Gasteiger partial charge is 0.462 e. The first-order valence-electron chi connectivity index (χ1n) is 9.98. The molecule has 3 heteroatoms. The van der Waals surface area contributed by atoms with Crippen molar-refractivity contribution in [1.82, 2.24) is 0 Å². The van der Waals surface area contributed by atoms with Crippen LogP contribution in [0.25, 0.3) is 0 Å². The molecule has 0 saturated heterocycles. The molecule has 0 spiro atoms. The van der Waals surface area contributed by atoms with Gasteiger partial charge in [-0.15, -0.1) is 0 Å². The molecule has 144 valence electrons. The highest BCUT2D eigenvalue weighted by Crippen LogP contribution is 2.42. The van der Waals surface area contributed by atoms with E-state index in [0.717, 1.165) is 38.5 Å². The van der Waals surface area contributed by atoms with Crippen molar-refractivity contribution in [2.24, 2.45) is 0 Å².